The molecule has 0 aliphatic carbocycles. The number of halogens is 1. The molecular weight excluding hydrogens is 286 g/mol. The van der Waals surface area contributed by atoms with Gasteiger partial charge in [0.1, 0.15) is 0 Å². The molecule has 0 aliphatic heterocycles. The van der Waals surface area contributed by atoms with E-state index >= 15 is 0 Å². The maximum absolute atomic E-state index is 10.9. The average Bonchev–Trinajstić information content (AvgIpc) is 2.26. The summed E-state index contributed by atoms with van der Waals surface area (Å²) in [6.07, 6.45) is 0.0901. The summed E-state index contributed by atoms with van der Waals surface area (Å²) in [6.45, 7) is 5.22. The smallest absolute Gasteiger partial charge is 0.335 e. The van der Waals surface area contributed by atoms with E-state index in [1.165, 1.54) is 0 Å². The summed E-state index contributed by atoms with van der Waals surface area (Å²) < 4.78 is 6.12. The van der Waals surface area contributed by atoms with Crippen molar-refractivity contribution >= 4 is 27.6 Å². The number of carboxylic acids is 1. The average molecular weight is 302 g/mol. The first kappa shape index (κ1) is 14.0. The topological polar surface area (TPSA) is 58.6 Å². The zero-order valence-corrected chi connectivity index (χ0v) is 11.5. The Labute approximate surface area is 109 Å². The predicted molar refractivity (Wildman–Crippen MR) is 70.7 cm³/mol. The van der Waals surface area contributed by atoms with Crippen molar-refractivity contribution in [3.8, 4) is 0 Å². The lowest BCUT2D eigenvalue weighted by atomic mass is 10.2. The van der Waals surface area contributed by atoms with E-state index in [-0.39, 0.29) is 11.7 Å². The summed E-state index contributed by atoms with van der Waals surface area (Å²) in [6, 6.07) is 5.01. The van der Waals surface area contributed by atoms with E-state index in [1.54, 1.807) is 12.1 Å². The molecule has 2 N–H and O–H groups in total. The number of carboxylic acid groups (broad SMARTS) is 1. The van der Waals surface area contributed by atoms with Crippen molar-refractivity contribution in [1.29, 1.82) is 0 Å². The van der Waals surface area contributed by atoms with E-state index in [4.69, 9.17) is 9.84 Å². The Morgan fingerprint density at radius 3 is 2.82 bits per heavy atom. The van der Waals surface area contributed by atoms with Crippen LogP contribution in [0.4, 0.5) is 5.69 Å². The first-order valence-corrected chi connectivity index (χ1v) is 6.21. The summed E-state index contributed by atoms with van der Waals surface area (Å²) in [4.78, 5) is 10.9. The number of aromatic carboxylic acids is 1. The Morgan fingerprint density at radius 1 is 1.53 bits per heavy atom. The van der Waals surface area contributed by atoms with Crippen LogP contribution in [0.1, 0.15) is 24.2 Å². The van der Waals surface area contributed by atoms with Crippen LogP contribution in [0, 0.1) is 0 Å². The summed E-state index contributed by atoms with van der Waals surface area (Å²) in [5, 5.41) is 12.1. The standard InChI is InChI=1S/C12H16BrNO3/c1-3-17-8(2)7-14-11-5-9(12(15)16)4-10(13)6-11/h4-6,8,14H,3,7H2,1-2H3,(H,15,16). The minimum absolute atomic E-state index is 0.0901. The monoisotopic (exact) mass is 301 g/mol. The molecule has 0 radical (unpaired) electrons. The van der Waals surface area contributed by atoms with Gasteiger partial charge >= 0.3 is 5.97 Å². The molecule has 5 heteroatoms. The van der Waals surface area contributed by atoms with Gasteiger partial charge in [0.15, 0.2) is 0 Å². The molecule has 1 aromatic carbocycles. The minimum atomic E-state index is -0.938. The highest BCUT2D eigenvalue weighted by molar-refractivity contribution is 9.10. The van der Waals surface area contributed by atoms with Gasteiger partial charge in [-0.25, -0.2) is 4.79 Å². The number of hydrogen-bond donors (Lipinski definition) is 2. The molecule has 17 heavy (non-hydrogen) atoms. The zero-order chi connectivity index (χ0) is 12.8. The lowest BCUT2D eigenvalue weighted by Crippen LogP contribution is -2.19. The van der Waals surface area contributed by atoms with Crippen LogP contribution < -0.4 is 5.32 Å². The third kappa shape index (κ3) is 4.75. The molecule has 4 nitrogen and oxygen atoms in total. The fourth-order valence-electron chi connectivity index (χ4n) is 1.42. The van der Waals surface area contributed by atoms with Gasteiger partial charge in [-0.2, -0.15) is 0 Å². The Hall–Kier alpha value is -1.07. The van der Waals surface area contributed by atoms with Gasteiger partial charge in [0, 0.05) is 23.3 Å². The fraction of sp³-hybridized carbons (Fsp3) is 0.417. The third-order valence-electron chi connectivity index (χ3n) is 2.19. The molecule has 0 amide bonds. The van der Waals surface area contributed by atoms with Crippen molar-refractivity contribution in [1.82, 2.24) is 0 Å². The molecule has 0 bridgehead atoms. The van der Waals surface area contributed by atoms with Crippen LogP contribution in [0.5, 0.6) is 0 Å². The summed E-state index contributed by atoms with van der Waals surface area (Å²) in [7, 11) is 0. The second kappa shape index (κ2) is 6.61. The number of ether oxygens (including phenoxy) is 1. The van der Waals surface area contributed by atoms with Crippen molar-refractivity contribution in [3.63, 3.8) is 0 Å². The molecule has 0 saturated heterocycles. The van der Waals surface area contributed by atoms with Crippen LogP contribution in [0.3, 0.4) is 0 Å². The molecule has 0 saturated carbocycles. The highest BCUT2D eigenvalue weighted by Crippen LogP contribution is 2.19. The molecule has 1 unspecified atom stereocenters. The molecule has 0 aromatic heterocycles. The Bertz CT molecular complexity index is 395. The lowest BCUT2D eigenvalue weighted by Gasteiger charge is -2.14. The highest BCUT2D eigenvalue weighted by atomic mass is 79.9. The van der Waals surface area contributed by atoms with Crippen molar-refractivity contribution in [2.75, 3.05) is 18.5 Å². The molecule has 1 rings (SSSR count). The third-order valence-corrected chi connectivity index (χ3v) is 2.65. The van der Waals surface area contributed by atoms with Crippen LogP contribution in [-0.4, -0.2) is 30.3 Å². The highest BCUT2D eigenvalue weighted by Gasteiger charge is 2.07. The molecule has 1 atom stereocenters. The lowest BCUT2D eigenvalue weighted by molar-refractivity contribution is 0.0697. The molecule has 0 aliphatic rings. The van der Waals surface area contributed by atoms with Crippen LogP contribution in [-0.2, 0) is 4.74 Å². The minimum Gasteiger partial charge on any atom is -0.478 e. The van der Waals surface area contributed by atoms with Crippen molar-refractivity contribution < 1.29 is 14.6 Å². The van der Waals surface area contributed by atoms with Crippen molar-refractivity contribution in [2.45, 2.75) is 20.0 Å². The number of carbonyl (C=O) groups is 1. The van der Waals surface area contributed by atoms with E-state index in [2.05, 4.69) is 21.2 Å². The van der Waals surface area contributed by atoms with Gasteiger partial charge in [0.05, 0.1) is 11.7 Å². The Kier molecular flexibility index (Phi) is 5.44. The molecule has 0 heterocycles. The van der Waals surface area contributed by atoms with Gasteiger partial charge in [-0.3, -0.25) is 0 Å². The summed E-state index contributed by atoms with van der Waals surface area (Å²) in [5.74, 6) is -0.938. The number of nitrogens with one attached hydrogen (secondary N) is 1. The second-order valence-corrected chi connectivity index (χ2v) is 4.60. The number of anilines is 1. The fourth-order valence-corrected chi connectivity index (χ4v) is 1.91. The van der Waals surface area contributed by atoms with Crippen molar-refractivity contribution in [2.24, 2.45) is 0 Å². The maximum Gasteiger partial charge on any atom is 0.335 e. The largest absolute Gasteiger partial charge is 0.478 e. The van der Waals surface area contributed by atoms with Crippen LogP contribution in [0.25, 0.3) is 0 Å². The van der Waals surface area contributed by atoms with E-state index in [0.29, 0.717) is 13.2 Å². The van der Waals surface area contributed by atoms with Gasteiger partial charge in [-0.05, 0) is 32.0 Å². The van der Waals surface area contributed by atoms with Gasteiger partial charge in [0.25, 0.3) is 0 Å². The maximum atomic E-state index is 10.9. The SMILES string of the molecule is CCOC(C)CNc1cc(Br)cc(C(=O)O)c1. The van der Waals surface area contributed by atoms with E-state index in [0.717, 1.165) is 10.2 Å². The zero-order valence-electron chi connectivity index (χ0n) is 9.87. The van der Waals surface area contributed by atoms with Crippen LogP contribution in [0.2, 0.25) is 0 Å². The predicted octanol–water partition coefficient (Wildman–Crippen LogP) is 2.98. The van der Waals surface area contributed by atoms with Crippen LogP contribution in [0.15, 0.2) is 22.7 Å². The first-order chi connectivity index (χ1) is 8.02. The Balaban J connectivity index is 2.68. The summed E-state index contributed by atoms with van der Waals surface area (Å²) in [5.41, 5.74) is 1.02. The molecule has 0 spiro atoms. The van der Waals surface area contributed by atoms with E-state index in [9.17, 15) is 4.79 Å². The first-order valence-electron chi connectivity index (χ1n) is 5.42. The molecule has 0 fully saturated rings. The van der Waals surface area contributed by atoms with Gasteiger partial charge in [-0.1, -0.05) is 15.9 Å². The van der Waals surface area contributed by atoms with Gasteiger partial charge < -0.3 is 15.2 Å². The molecule has 1 aromatic rings. The second-order valence-electron chi connectivity index (χ2n) is 3.68. The van der Waals surface area contributed by atoms with E-state index < -0.39 is 5.97 Å². The number of hydrogen-bond acceptors (Lipinski definition) is 3. The summed E-state index contributed by atoms with van der Waals surface area (Å²) >= 11 is 3.28. The van der Waals surface area contributed by atoms with Gasteiger partial charge in [-0.15, -0.1) is 0 Å². The van der Waals surface area contributed by atoms with Gasteiger partial charge in [0.2, 0.25) is 0 Å². The quantitative estimate of drug-likeness (QED) is 0.848. The van der Waals surface area contributed by atoms with Crippen LogP contribution >= 0.6 is 15.9 Å². The Morgan fingerprint density at radius 2 is 2.24 bits per heavy atom. The van der Waals surface area contributed by atoms with E-state index in [1.807, 2.05) is 19.9 Å². The molecular formula is C12H16BrNO3. The molecule has 94 valence electrons. The normalized spacial score (nSPS) is 12.2. The number of rotatable bonds is 6. The van der Waals surface area contributed by atoms with Crippen molar-refractivity contribution in [3.05, 3.63) is 28.2 Å². The number of benzene rings is 1.